The van der Waals surface area contributed by atoms with Gasteiger partial charge in [-0.3, -0.25) is 14.9 Å². The number of hydrogen-bond donors (Lipinski definition) is 1. The minimum atomic E-state index is -5.14. The molecule has 1 amide bonds. The fourth-order valence-corrected chi connectivity index (χ4v) is 1.15. The first-order valence-corrected chi connectivity index (χ1v) is 4.47. The first kappa shape index (κ1) is 13.7. The van der Waals surface area contributed by atoms with Crippen LogP contribution < -0.4 is 10.1 Å². The molecule has 6 nitrogen and oxygen atoms in total. The van der Waals surface area contributed by atoms with Crippen LogP contribution in [0.15, 0.2) is 18.2 Å². The zero-order valence-electron chi connectivity index (χ0n) is 8.95. The third-order valence-corrected chi connectivity index (χ3v) is 1.92. The molecule has 0 saturated heterocycles. The lowest BCUT2D eigenvalue weighted by Gasteiger charge is -2.11. The smallest absolute Gasteiger partial charge is 0.471 e. The number of carbonyl (C=O) groups excluding carboxylic acids is 1. The van der Waals surface area contributed by atoms with E-state index in [9.17, 15) is 28.1 Å². The van der Waals surface area contributed by atoms with Crippen molar-refractivity contribution in [2.24, 2.45) is 0 Å². The second kappa shape index (κ2) is 4.90. The molecular formula is C9H7F3N2O4. The third kappa shape index (κ3) is 2.87. The highest BCUT2D eigenvalue weighted by atomic mass is 19.4. The highest BCUT2D eigenvalue weighted by Crippen LogP contribution is 2.35. The molecule has 1 aromatic rings. The van der Waals surface area contributed by atoms with Crippen molar-refractivity contribution in [2.75, 3.05) is 12.4 Å². The summed E-state index contributed by atoms with van der Waals surface area (Å²) in [6, 6.07) is 3.37. The number of amides is 1. The van der Waals surface area contributed by atoms with Gasteiger partial charge in [-0.25, -0.2) is 0 Å². The number of ether oxygens (including phenoxy) is 1. The molecule has 0 aliphatic heterocycles. The Morgan fingerprint density at radius 2 is 2.06 bits per heavy atom. The number of alkyl halides is 3. The van der Waals surface area contributed by atoms with Crippen molar-refractivity contribution in [3.05, 3.63) is 28.3 Å². The van der Waals surface area contributed by atoms with Gasteiger partial charge in [0, 0.05) is 6.07 Å². The summed E-state index contributed by atoms with van der Waals surface area (Å²) < 4.78 is 40.9. The number of nitrogens with zero attached hydrogens (tertiary/aromatic N) is 1. The summed E-state index contributed by atoms with van der Waals surface area (Å²) in [6.45, 7) is 0. The second-order valence-corrected chi connectivity index (χ2v) is 3.06. The van der Waals surface area contributed by atoms with E-state index < -0.39 is 28.4 Å². The van der Waals surface area contributed by atoms with Gasteiger partial charge in [-0.1, -0.05) is 6.07 Å². The highest BCUT2D eigenvalue weighted by Gasteiger charge is 2.40. The van der Waals surface area contributed by atoms with Gasteiger partial charge in [0.1, 0.15) is 5.75 Å². The summed E-state index contributed by atoms with van der Waals surface area (Å²) in [6.07, 6.45) is -5.14. The highest BCUT2D eigenvalue weighted by molar-refractivity contribution is 5.98. The summed E-state index contributed by atoms with van der Waals surface area (Å²) >= 11 is 0. The predicted molar refractivity (Wildman–Crippen MR) is 54.3 cm³/mol. The molecule has 1 aromatic carbocycles. The minimum absolute atomic E-state index is 0.234. The van der Waals surface area contributed by atoms with Crippen LogP contribution in [-0.4, -0.2) is 24.1 Å². The van der Waals surface area contributed by atoms with Crippen molar-refractivity contribution in [2.45, 2.75) is 6.18 Å². The summed E-state index contributed by atoms with van der Waals surface area (Å²) in [7, 11) is 1.11. The van der Waals surface area contributed by atoms with Gasteiger partial charge in [-0.15, -0.1) is 0 Å². The van der Waals surface area contributed by atoms with E-state index in [-0.39, 0.29) is 5.75 Å². The molecule has 18 heavy (non-hydrogen) atoms. The van der Waals surface area contributed by atoms with Crippen molar-refractivity contribution in [1.29, 1.82) is 0 Å². The van der Waals surface area contributed by atoms with Crippen LogP contribution in [-0.2, 0) is 4.79 Å². The number of anilines is 1. The fourth-order valence-electron chi connectivity index (χ4n) is 1.15. The molecule has 0 heterocycles. The van der Waals surface area contributed by atoms with E-state index in [0.29, 0.717) is 0 Å². The quantitative estimate of drug-likeness (QED) is 0.669. The number of benzene rings is 1. The molecule has 0 radical (unpaired) electrons. The van der Waals surface area contributed by atoms with Crippen molar-refractivity contribution in [3.8, 4) is 5.75 Å². The number of nitrogens with one attached hydrogen (secondary N) is 1. The largest absolute Gasteiger partial charge is 0.494 e. The SMILES string of the molecule is COc1cccc([N+](=O)[O-])c1NC(=O)C(F)(F)F. The van der Waals surface area contributed by atoms with Gasteiger partial charge in [-0.2, -0.15) is 13.2 Å². The number of nitro benzene ring substituents is 1. The molecule has 0 aliphatic rings. The molecule has 1 rings (SSSR count). The van der Waals surface area contributed by atoms with Gasteiger partial charge in [-0.05, 0) is 6.07 Å². The number of nitro groups is 1. The molecule has 98 valence electrons. The number of hydrogen-bond acceptors (Lipinski definition) is 4. The van der Waals surface area contributed by atoms with E-state index in [1.54, 1.807) is 0 Å². The predicted octanol–water partition coefficient (Wildman–Crippen LogP) is 2.10. The van der Waals surface area contributed by atoms with E-state index in [4.69, 9.17) is 0 Å². The fraction of sp³-hybridized carbons (Fsp3) is 0.222. The average molecular weight is 264 g/mol. The number of rotatable bonds is 3. The Morgan fingerprint density at radius 3 is 2.50 bits per heavy atom. The molecule has 1 N–H and O–H groups in total. The van der Waals surface area contributed by atoms with Crippen molar-refractivity contribution >= 4 is 17.3 Å². The topological polar surface area (TPSA) is 81.5 Å². The Labute approximate surface area is 98.5 Å². The van der Waals surface area contributed by atoms with Crippen LogP contribution in [0, 0.1) is 10.1 Å². The van der Waals surface area contributed by atoms with Crippen LogP contribution in [0.5, 0.6) is 5.75 Å². The Morgan fingerprint density at radius 1 is 1.44 bits per heavy atom. The second-order valence-electron chi connectivity index (χ2n) is 3.06. The van der Waals surface area contributed by atoms with E-state index in [1.165, 1.54) is 17.4 Å². The summed E-state index contributed by atoms with van der Waals surface area (Å²) in [5.74, 6) is -2.54. The number of methoxy groups -OCH3 is 1. The van der Waals surface area contributed by atoms with Gasteiger partial charge in [0.2, 0.25) is 0 Å². The first-order chi connectivity index (χ1) is 8.27. The van der Waals surface area contributed by atoms with Crippen molar-refractivity contribution < 1.29 is 27.6 Å². The van der Waals surface area contributed by atoms with E-state index in [0.717, 1.165) is 13.2 Å². The van der Waals surface area contributed by atoms with Crippen LogP contribution >= 0.6 is 0 Å². The van der Waals surface area contributed by atoms with Crippen LogP contribution in [0.25, 0.3) is 0 Å². The standard InChI is InChI=1S/C9H7F3N2O4/c1-18-6-4-2-3-5(14(16)17)7(6)13-8(15)9(10,11)12/h2-4H,1H3,(H,13,15). The maximum absolute atomic E-state index is 12.1. The van der Waals surface area contributed by atoms with Gasteiger partial charge in [0.25, 0.3) is 5.69 Å². The Kier molecular flexibility index (Phi) is 3.74. The zero-order chi connectivity index (χ0) is 13.9. The Hall–Kier alpha value is -2.32. The van der Waals surface area contributed by atoms with Gasteiger partial charge < -0.3 is 10.1 Å². The van der Waals surface area contributed by atoms with Crippen LogP contribution in [0.2, 0.25) is 0 Å². The molecule has 0 unspecified atom stereocenters. The molecule has 0 saturated carbocycles. The number of para-hydroxylation sites is 1. The summed E-state index contributed by atoms with van der Waals surface area (Å²) in [5.41, 5.74) is -1.32. The first-order valence-electron chi connectivity index (χ1n) is 4.47. The lowest BCUT2D eigenvalue weighted by Crippen LogP contribution is -2.30. The third-order valence-electron chi connectivity index (χ3n) is 1.92. The lowest BCUT2D eigenvalue weighted by molar-refractivity contribution is -0.384. The zero-order valence-corrected chi connectivity index (χ0v) is 8.95. The van der Waals surface area contributed by atoms with Crippen LogP contribution in [0.4, 0.5) is 24.5 Å². The number of carbonyl (C=O) groups is 1. The monoisotopic (exact) mass is 264 g/mol. The average Bonchev–Trinajstić information content (AvgIpc) is 2.27. The molecular weight excluding hydrogens is 257 g/mol. The van der Waals surface area contributed by atoms with E-state index >= 15 is 0 Å². The molecule has 9 heteroatoms. The van der Waals surface area contributed by atoms with Gasteiger partial charge in [0.05, 0.1) is 12.0 Å². The maximum Gasteiger partial charge on any atom is 0.471 e. The van der Waals surface area contributed by atoms with E-state index in [1.807, 2.05) is 0 Å². The molecule has 0 spiro atoms. The van der Waals surface area contributed by atoms with Gasteiger partial charge >= 0.3 is 12.1 Å². The summed E-state index contributed by atoms with van der Waals surface area (Å²) in [5, 5.41) is 12.1. The van der Waals surface area contributed by atoms with Crippen LogP contribution in [0.1, 0.15) is 0 Å². The molecule has 0 bridgehead atoms. The maximum atomic E-state index is 12.1. The lowest BCUT2D eigenvalue weighted by atomic mass is 10.2. The molecule has 0 fully saturated rings. The van der Waals surface area contributed by atoms with Crippen molar-refractivity contribution in [3.63, 3.8) is 0 Å². The van der Waals surface area contributed by atoms with Crippen LogP contribution in [0.3, 0.4) is 0 Å². The molecule has 0 aromatic heterocycles. The van der Waals surface area contributed by atoms with Gasteiger partial charge in [0.15, 0.2) is 5.69 Å². The van der Waals surface area contributed by atoms with Crippen molar-refractivity contribution in [1.82, 2.24) is 0 Å². The summed E-state index contributed by atoms with van der Waals surface area (Å²) in [4.78, 5) is 20.5. The normalized spacial score (nSPS) is 10.9. The minimum Gasteiger partial charge on any atom is -0.494 e. The Balaban J connectivity index is 3.21. The Bertz CT molecular complexity index is 487. The molecule has 0 aliphatic carbocycles. The number of halogens is 3. The van der Waals surface area contributed by atoms with E-state index in [2.05, 4.69) is 4.74 Å². The molecule has 0 atom stereocenters.